The summed E-state index contributed by atoms with van der Waals surface area (Å²) in [4.78, 5) is 0. The third-order valence-corrected chi connectivity index (χ3v) is 4.73. The van der Waals surface area contributed by atoms with Crippen LogP contribution in [0.2, 0.25) is 0 Å². The van der Waals surface area contributed by atoms with Gasteiger partial charge >= 0.3 is 0 Å². The molecule has 3 unspecified atom stereocenters. The Labute approximate surface area is 138 Å². The molecular weight excluding hydrogens is 276 g/mol. The minimum absolute atomic E-state index is 0.281. The molecular formula is C18H41N2O2+. The van der Waals surface area contributed by atoms with Crippen LogP contribution < -0.4 is 5.32 Å². The number of aliphatic hydroxyl groups excluding tert-OH is 2. The number of hydrogen-bond donors (Lipinski definition) is 3. The number of aliphatic hydroxyl groups is 2. The molecule has 0 aromatic carbocycles. The smallest absolute Gasteiger partial charge is 0.105 e. The Hall–Kier alpha value is -0.160. The van der Waals surface area contributed by atoms with E-state index in [1.165, 1.54) is 25.7 Å². The van der Waals surface area contributed by atoms with Gasteiger partial charge in [-0.05, 0) is 25.7 Å². The zero-order valence-corrected chi connectivity index (χ0v) is 15.6. The highest BCUT2D eigenvalue weighted by atomic mass is 16.3. The molecule has 3 N–H and O–H groups in total. The molecule has 0 heterocycles. The lowest BCUT2D eigenvalue weighted by atomic mass is 10.1. The molecule has 0 saturated carbocycles. The minimum atomic E-state index is -0.281. The summed E-state index contributed by atoms with van der Waals surface area (Å²) < 4.78 is 0.737. The molecule has 0 amide bonds. The molecule has 4 heteroatoms. The lowest BCUT2D eigenvalue weighted by Gasteiger charge is -2.38. The van der Waals surface area contributed by atoms with E-state index in [9.17, 15) is 10.2 Å². The van der Waals surface area contributed by atoms with E-state index < -0.39 is 0 Å². The second kappa shape index (κ2) is 12.3. The molecule has 0 spiro atoms. The fourth-order valence-electron chi connectivity index (χ4n) is 2.97. The number of unbranched alkanes of at least 4 members (excludes halogenated alkanes) is 1. The molecule has 0 fully saturated rings. The monoisotopic (exact) mass is 317 g/mol. The van der Waals surface area contributed by atoms with E-state index in [0.717, 1.165) is 43.5 Å². The largest absolute Gasteiger partial charge is 0.387 e. The highest BCUT2D eigenvalue weighted by molar-refractivity contribution is 4.65. The van der Waals surface area contributed by atoms with Crippen molar-refractivity contribution in [2.24, 2.45) is 0 Å². The Morgan fingerprint density at radius 2 is 1.45 bits per heavy atom. The first-order valence-corrected chi connectivity index (χ1v) is 9.33. The van der Waals surface area contributed by atoms with Gasteiger partial charge in [-0.3, -0.25) is 0 Å². The van der Waals surface area contributed by atoms with Crippen LogP contribution in [0.25, 0.3) is 0 Å². The summed E-state index contributed by atoms with van der Waals surface area (Å²) in [7, 11) is 2.16. The molecule has 0 radical (unpaired) electrons. The number of hydrogen-bond acceptors (Lipinski definition) is 3. The van der Waals surface area contributed by atoms with E-state index in [0.29, 0.717) is 6.04 Å². The lowest BCUT2D eigenvalue weighted by Crippen LogP contribution is -2.55. The van der Waals surface area contributed by atoms with Gasteiger partial charge in [0.2, 0.25) is 0 Å². The fraction of sp³-hybridized carbons (Fsp3) is 1.00. The molecule has 134 valence electrons. The van der Waals surface area contributed by atoms with Gasteiger partial charge in [0.15, 0.2) is 0 Å². The Balaban J connectivity index is 4.43. The maximum atomic E-state index is 10.0. The Morgan fingerprint density at radius 3 is 1.86 bits per heavy atom. The van der Waals surface area contributed by atoms with Crippen molar-refractivity contribution in [3.63, 3.8) is 0 Å². The predicted octanol–water partition coefficient (Wildman–Crippen LogP) is 2.53. The van der Waals surface area contributed by atoms with Crippen molar-refractivity contribution < 1.29 is 14.7 Å². The van der Waals surface area contributed by atoms with E-state index in [4.69, 9.17) is 0 Å². The van der Waals surface area contributed by atoms with Crippen LogP contribution in [0.4, 0.5) is 0 Å². The number of nitrogens with one attached hydrogen (secondary N) is 1. The third kappa shape index (κ3) is 9.78. The normalized spacial score (nSPS) is 18.7. The van der Waals surface area contributed by atoms with Crippen molar-refractivity contribution in [1.82, 2.24) is 5.32 Å². The molecule has 0 aliphatic carbocycles. The summed E-state index contributed by atoms with van der Waals surface area (Å²) in [5.74, 6) is 0. The van der Waals surface area contributed by atoms with E-state index in [1.54, 1.807) is 0 Å². The average molecular weight is 318 g/mol. The minimum Gasteiger partial charge on any atom is -0.387 e. The van der Waals surface area contributed by atoms with E-state index >= 15 is 0 Å². The van der Waals surface area contributed by atoms with Crippen molar-refractivity contribution in [1.29, 1.82) is 0 Å². The maximum Gasteiger partial charge on any atom is 0.105 e. The molecule has 0 aromatic heterocycles. The fourth-order valence-corrected chi connectivity index (χ4v) is 2.97. The summed E-state index contributed by atoms with van der Waals surface area (Å²) in [5.41, 5.74) is 0. The summed E-state index contributed by atoms with van der Waals surface area (Å²) >= 11 is 0. The van der Waals surface area contributed by atoms with E-state index in [-0.39, 0.29) is 12.2 Å². The van der Waals surface area contributed by atoms with Crippen molar-refractivity contribution in [2.75, 3.05) is 33.2 Å². The van der Waals surface area contributed by atoms with Gasteiger partial charge in [-0.15, -0.1) is 0 Å². The van der Waals surface area contributed by atoms with Gasteiger partial charge in [0.25, 0.3) is 0 Å². The summed E-state index contributed by atoms with van der Waals surface area (Å²) in [5, 5.41) is 23.7. The predicted molar refractivity (Wildman–Crippen MR) is 95.0 cm³/mol. The van der Waals surface area contributed by atoms with Crippen LogP contribution >= 0.6 is 0 Å². The molecule has 0 aliphatic heterocycles. The standard InChI is InChI=1S/C18H41N2O2/c1-6-10-11-16(7-2)19-12-13-20(5,14-17(21)8-3)15-18(22)9-4/h16-19,21-22H,6-15H2,1-5H3/q+1. The van der Waals surface area contributed by atoms with Crippen molar-refractivity contribution in [3.05, 3.63) is 0 Å². The summed E-state index contributed by atoms with van der Waals surface area (Å²) in [6.45, 7) is 11.9. The zero-order valence-electron chi connectivity index (χ0n) is 15.6. The van der Waals surface area contributed by atoms with Gasteiger partial charge < -0.3 is 20.0 Å². The highest BCUT2D eigenvalue weighted by Crippen LogP contribution is 2.10. The van der Waals surface area contributed by atoms with Gasteiger partial charge in [-0.2, -0.15) is 0 Å². The number of quaternary nitrogens is 1. The average Bonchev–Trinajstić information content (AvgIpc) is 2.50. The lowest BCUT2D eigenvalue weighted by molar-refractivity contribution is -0.914. The maximum absolute atomic E-state index is 10.0. The van der Waals surface area contributed by atoms with Gasteiger partial charge in [-0.25, -0.2) is 0 Å². The van der Waals surface area contributed by atoms with E-state index in [1.807, 2.05) is 13.8 Å². The highest BCUT2D eigenvalue weighted by Gasteiger charge is 2.27. The van der Waals surface area contributed by atoms with Crippen molar-refractivity contribution in [2.45, 2.75) is 84.5 Å². The Morgan fingerprint density at radius 1 is 0.909 bits per heavy atom. The molecule has 4 nitrogen and oxygen atoms in total. The van der Waals surface area contributed by atoms with Crippen LogP contribution in [-0.4, -0.2) is 66.2 Å². The Kier molecular flexibility index (Phi) is 12.2. The number of likely N-dealkylation sites (N-methyl/N-ethyl adjacent to an activating group) is 1. The molecule has 0 rings (SSSR count). The van der Waals surface area contributed by atoms with Crippen molar-refractivity contribution >= 4 is 0 Å². The summed E-state index contributed by atoms with van der Waals surface area (Å²) in [6.07, 6.45) is 5.92. The molecule has 0 aromatic rings. The molecule has 3 atom stereocenters. The van der Waals surface area contributed by atoms with Crippen LogP contribution in [0, 0.1) is 0 Å². The van der Waals surface area contributed by atoms with Gasteiger partial charge in [0.1, 0.15) is 25.3 Å². The topological polar surface area (TPSA) is 52.5 Å². The second-order valence-corrected chi connectivity index (χ2v) is 7.03. The first kappa shape index (κ1) is 21.8. The number of rotatable bonds is 14. The summed E-state index contributed by atoms with van der Waals surface area (Å²) in [6, 6.07) is 0.598. The molecule has 0 aliphatic rings. The van der Waals surface area contributed by atoms with Gasteiger partial charge in [0, 0.05) is 12.6 Å². The quantitative estimate of drug-likeness (QED) is 0.432. The zero-order chi connectivity index (χ0) is 17.0. The first-order valence-electron chi connectivity index (χ1n) is 9.33. The van der Waals surface area contributed by atoms with E-state index in [2.05, 4.69) is 26.2 Å². The molecule has 0 saturated heterocycles. The van der Waals surface area contributed by atoms with Crippen LogP contribution in [-0.2, 0) is 0 Å². The first-order chi connectivity index (χ1) is 10.4. The van der Waals surface area contributed by atoms with Crippen LogP contribution in [0.1, 0.15) is 66.2 Å². The van der Waals surface area contributed by atoms with Gasteiger partial charge in [0.05, 0.1) is 13.6 Å². The third-order valence-electron chi connectivity index (χ3n) is 4.73. The number of nitrogens with zero attached hydrogens (tertiary/aromatic N) is 1. The Bertz CT molecular complexity index is 249. The van der Waals surface area contributed by atoms with Crippen molar-refractivity contribution in [3.8, 4) is 0 Å². The second-order valence-electron chi connectivity index (χ2n) is 7.03. The molecule has 22 heavy (non-hydrogen) atoms. The molecule has 0 bridgehead atoms. The van der Waals surface area contributed by atoms with Crippen LogP contribution in [0.3, 0.4) is 0 Å². The van der Waals surface area contributed by atoms with Crippen LogP contribution in [0.5, 0.6) is 0 Å². The van der Waals surface area contributed by atoms with Gasteiger partial charge in [-0.1, -0.05) is 40.5 Å². The SMILES string of the molecule is CCCCC(CC)NCC[N+](C)(CC(O)CC)CC(O)CC. The van der Waals surface area contributed by atoms with Crippen LogP contribution in [0.15, 0.2) is 0 Å².